The third-order valence-electron chi connectivity index (χ3n) is 4.94. The van der Waals surface area contributed by atoms with Crippen LogP contribution < -0.4 is 4.74 Å². The highest BCUT2D eigenvalue weighted by atomic mass is 16.5. The summed E-state index contributed by atoms with van der Waals surface area (Å²) >= 11 is 0. The molecule has 0 radical (unpaired) electrons. The molecule has 1 aliphatic heterocycles. The zero-order valence-electron chi connectivity index (χ0n) is 12.3. The minimum atomic E-state index is 0.264. The summed E-state index contributed by atoms with van der Waals surface area (Å²) in [5.74, 6) is 2.95. The van der Waals surface area contributed by atoms with Crippen LogP contribution in [0.3, 0.4) is 0 Å². The van der Waals surface area contributed by atoms with Crippen LogP contribution in [0, 0.1) is 11.8 Å². The van der Waals surface area contributed by atoms with Crippen molar-refractivity contribution in [2.75, 3.05) is 6.61 Å². The van der Waals surface area contributed by atoms with E-state index in [1.807, 2.05) is 12.1 Å². The van der Waals surface area contributed by atoms with Crippen LogP contribution in [0.5, 0.6) is 5.75 Å². The highest BCUT2D eigenvalue weighted by Gasteiger charge is 2.33. The van der Waals surface area contributed by atoms with E-state index < -0.39 is 0 Å². The lowest BCUT2D eigenvalue weighted by molar-refractivity contribution is -0.126. The molecular weight excluding hydrogens is 248 g/mol. The van der Waals surface area contributed by atoms with Gasteiger partial charge in [0.05, 0.1) is 6.61 Å². The molecule has 1 fully saturated rings. The van der Waals surface area contributed by atoms with E-state index in [2.05, 4.69) is 19.1 Å². The molecule has 1 saturated carbocycles. The molecule has 2 nitrogen and oxygen atoms in total. The summed E-state index contributed by atoms with van der Waals surface area (Å²) in [6.07, 6.45) is 6.51. The first kappa shape index (κ1) is 13.7. The van der Waals surface area contributed by atoms with Gasteiger partial charge < -0.3 is 4.74 Å². The number of benzene rings is 1. The topological polar surface area (TPSA) is 26.3 Å². The van der Waals surface area contributed by atoms with E-state index in [1.165, 1.54) is 18.4 Å². The quantitative estimate of drug-likeness (QED) is 0.815. The van der Waals surface area contributed by atoms with Crippen molar-refractivity contribution in [2.24, 2.45) is 11.8 Å². The molecule has 3 unspecified atom stereocenters. The molecule has 0 bridgehead atoms. The van der Waals surface area contributed by atoms with Crippen molar-refractivity contribution in [3.8, 4) is 5.75 Å². The Labute approximate surface area is 121 Å². The Bertz CT molecular complexity index is 480. The summed E-state index contributed by atoms with van der Waals surface area (Å²) in [7, 11) is 0. The van der Waals surface area contributed by atoms with Crippen LogP contribution >= 0.6 is 0 Å². The molecule has 2 heteroatoms. The summed E-state index contributed by atoms with van der Waals surface area (Å²) in [4.78, 5) is 12.2. The van der Waals surface area contributed by atoms with Crippen LogP contribution in [0.4, 0.5) is 0 Å². The largest absolute Gasteiger partial charge is 0.493 e. The maximum Gasteiger partial charge on any atom is 0.136 e. The summed E-state index contributed by atoms with van der Waals surface area (Å²) in [5.41, 5.74) is 1.30. The summed E-state index contributed by atoms with van der Waals surface area (Å²) in [6.45, 7) is 2.99. The molecule has 1 aromatic carbocycles. The zero-order valence-corrected chi connectivity index (χ0v) is 12.3. The molecule has 20 heavy (non-hydrogen) atoms. The van der Waals surface area contributed by atoms with Gasteiger partial charge in [-0.2, -0.15) is 0 Å². The van der Waals surface area contributed by atoms with Gasteiger partial charge in [0.15, 0.2) is 0 Å². The second-order valence-electron chi connectivity index (χ2n) is 6.37. The number of rotatable bonds is 4. The van der Waals surface area contributed by atoms with Crippen molar-refractivity contribution in [3.05, 3.63) is 29.8 Å². The minimum Gasteiger partial charge on any atom is -0.493 e. The molecule has 3 rings (SSSR count). The molecule has 3 atom stereocenters. The van der Waals surface area contributed by atoms with Crippen molar-refractivity contribution in [3.63, 3.8) is 0 Å². The fourth-order valence-corrected chi connectivity index (χ4v) is 3.87. The molecular formula is C18H24O2. The van der Waals surface area contributed by atoms with E-state index in [4.69, 9.17) is 4.74 Å². The number of Topliss-reactive ketones (excluding diaryl/α,β-unsaturated/α-hetero) is 1. The first-order valence-electron chi connectivity index (χ1n) is 8.02. The molecule has 0 spiro atoms. The SMILES string of the molecule is CCCC1CCC(=O)C(CC2COc3ccccc32)C1. The van der Waals surface area contributed by atoms with Gasteiger partial charge in [0.1, 0.15) is 11.5 Å². The smallest absolute Gasteiger partial charge is 0.136 e. The van der Waals surface area contributed by atoms with Gasteiger partial charge in [-0.05, 0) is 31.2 Å². The molecule has 1 aromatic rings. The number of ether oxygens (including phenoxy) is 1. The van der Waals surface area contributed by atoms with E-state index in [0.717, 1.165) is 44.0 Å². The monoisotopic (exact) mass is 272 g/mol. The molecule has 0 saturated heterocycles. The average molecular weight is 272 g/mol. The number of carbonyl (C=O) groups is 1. The molecule has 1 heterocycles. The van der Waals surface area contributed by atoms with E-state index in [9.17, 15) is 4.79 Å². The number of hydrogen-bond donors (Lipinski definition) is 0. The predicted octanol–water partition coefficient (Wildman–Crippen LogP) is 4.34. The van der Waals surface area contributed by atoms with Gasteiger partial charge in [-0.15, -0.1) is 0 Å². The van der Waals surface area contributed by atoms with Gasteiger partial charge in [0, 0.05) is 23.8 Å². The van der Waals surface area contributed by atoms with E-state index in [-0.39, 0.29) is 5.92 Å². The zero-order chi connectivity index (χ0) is 13.9. The van der Waals surface area contributed by atoms with Crippen LogP contribution in [-0.2, 0) is 4.79 Å². The van der Waals surface area contributed by atoms with Crippen LogP contribution in [0.25, 0.3) is 0 Å². The second-order valence-corrected chi connectivity index (χ2v) is 6.37. The van der Waals surface area contributed by atoms with Gasteiger partial charge in [-0.3, -0.25) is 4.79 Å². The van der Waals surface area contributed by atoms with Crippen LogP contribution in [0.1, 0.15) is 56.9 Å². The number of carbonyl (C=O) groups excluding carboxylic acids is 1. The number of ketones is 1. The highest BCUT2D eigenvalue weighted by molar-refractivity contribution is 5.81. The Morgan fingerprint density at radius 1 is 1.25 bits per heavy atom. The van der Waals surface area contributed by atoms with Crippen molar-refractivity contribution in [2.45, 2.75) is 51.4 Å². The van der Waals surface area contributed by atoms with Crippen molar-refractivity contribution >= 4 is 5.78 Å². The van der Waals surface area contributed by atoms with Crippen molar-refractivity contribution < 1.29 is 9.53 Å². The lowest BCUT2D eigenvalue weighted by Crippen LogP contribution is -2.26. The van der Waals surface area contributed by atoms with Gasteiger partial charge in [-0.25, -0.2) is 0 Å². The molecule has 108 valence electrons. The standard InChI is InChI=1S/C18H24O2/c1-2-5-13-8-9-17(19)14(10-13)11-15-12-20-18-7-4-3-6-16(15)18/h3-4,6-7,13-15H,2,5,8-12H2,1H3. The highest BCUT2D eigenvalue weighted by Crippen LogP contribution is 2.41. The van der Waals surface area contributed by atoms with Crippen LogP contribution in [-0.4, -0.2) is 12.4 Å². The Morgan fingerprint density at radius 2 is 2.10 bits per heavy atom. The minimum absolute atomic E-state index is 0.264. The first-order valence-corrected chi connectivity index (χ1v) is 8.02. The summed E-state index contributed by atoms with van der Waals surface area (Å²) in [5, 5.41) is 0. The van der Waals surface area contributed by atoms with E-state index >= 15 is 0 Å². The normalized spacial score (nSPS) is 29.1. The maximum atomic E-state index is 12.2. The van der Waals surface area contributed by atoms with Crippen LogP contribution in [0.2, 0.25) is 0 Å². The fraction of sp³-hybridized carbons (Fsp3) is 0.611. The lowest BCUT2D eigenvalue weighted by atomic mass is 9.74. The number of fused-ring (bicyclic) bond motifs is 1. The molecule has 2 aliphatic rings. The van der Waals surface area contributed by atoms with Gasteiger partial charge >= 0.3 is 0 Å². The number of para-hydroxylation sites is 1. The molecule has 0 N–H and O–H groups in total. The Morgan fingerprint density at radius 3 is 2.95 bits per heavy atom. The van der Waals surface area contributed by atoms with Gasteiger partial charge in [0.25, 0.3) is 0 Å². The van der Waals surface area contributed by atoms with Gasteiger partial charge in [-0.1, -0.05) is 38.0 Å². The summed E-state index contributed by atoms with van der Waals surface area (Å²) < 4.78 is 5.75. The molecule has 1 aliphatic carbocycles. The third-order valence-corrected chi connectivity index (χ3v) is 4.94. The van der Waals surface area contributed by atoms with E-state index in [1.54, 1.807) is 0 Å². The van der Waals surface area contributed by atoms with Crippen molar-refractivity contribution in [1.82, 2.24) is 0 Å². The fourth-order valence-electron chi connectivity index (χ4n) is 3.87. The molecule has 0 aromatic heterocycles. The Balaban J connectivity index is 1.66. The third kappa shape index (κ3) is 2.74. The average Bonchev–Trinajstić information content (AvgIpc) is 2.86. The Kier molecular flexibility index (Phi) is 4.09. The van der Waals surface area contributed by atoms with Gasteiger partial charge in [0.2, 0.25) is 0 Å². The molecule has 0 amide bonds. The Hall–Kier alpha value is -1.31. The number of hydrogen-bond acceptors (Lipinski definition) is 2. The van der Waals surface area contributed by atoms with Crippen molar-refractivity contribution in [1.29, 1.82) is 0 Å². The van der Waals surface area contributed by atoms with E-state index in [0.29, 0.717) is 11.7 Å². The van der Waals surface area contributed by atoms with Crippen LogP contribution in [0.15, 0.2) is 24.3 Å². The summed E-state index contributed by atoms with van der Waals surface area (Å²) in [6, 6.07) is 8.29. The predicted molar refractivity (Wildman–Crippen MR) is 80.0 cm³/mol. The lowest BCUT2D eigenvalue weighted by Gasteiger charge is -2.29. The second kappa shape index (κ2) is 5.99. The first-order chi connectivity index (χ1) is 9.78. The maximum absolute atomic E-state index is 12.2.